The van der Waals surface area contributed by atoms with Gasteiger partial charge in [-0.2, -0.15) is 0 Å². The average molecular weight is 422 g/mol. The highest BCUT2D eigenvalue weighted by molar-refractivity contribution is 7.12. The number of hydrogen-bond acceptors (Lipinski definition) is 5. The van der Waals surface area contributed by atoms with Crippen LogP contribution in [0.2, 0.25) is 0 Å². The molecular weight excluding hydrogens is 398 g/mol. The predicted molar refractivity (Wildman–Crippen MR) is 115 cm³/mol. The number of nitrogens with one attached hydrogen (secondary N) is 1. The van der Waals surface area contributed by atoms with E-state index < -0.39 is 0 Å². The molecule has 1 atom stereocenters. The number of para-hydroxylation sites is 1. The van der Waals surface area contributed by atoms with Gasteiger partial charge in [0.25, 0.3) is 11.8 Å². The zero-order valence-electron chi connectivity index (χ0n) is 16.6. The monoisotopic (exact) mass is 421 g/mol. The highest BCUT2D eigenvalue weighted by Gasteiger charge is 2.41. The van der Waals surface area contributed by atoms with Crippen molar-refractivity contribution < 1.29 is 9.59 Å². The molecule has 0 aliphatic carbocycles. The van der Waals surface area contributed by atoms with E-state index in [1.165, 1.54) is 11.3 Å². The smallest absolute Gasteiger partial charge is 0.293 e. The molecule has 2 aromatic heterocycles. The number of rotatable bonds is 3. The summed E-state index contributed by atoms with van der Waals surface area (Å²) in [4.78, 5) is 28.3. The number of anilines is 1. The summed E-state index contributed by atoms with van der Waals surface area (Å²) in [5.74, 6) is 1.11. The number of nitrogens with zero attached hydrogens (tertiary/aromatic N) is 4. The molecule has 0 radical (unpaired) electrons. The summed E-state index contributed by atoms with van der Waals surface area (Å²) >= 11 is 1.50. The standard InChI is InChI=1S/C22H23N5O2S/c28-20(23-16-5-2-1-3-6-16)19-25-24-18-8-9-22(11-13-27(18)19)10-12-26(15-22)21(29)17-7-4-14-30-17/h1-7,14H,8-13,15H2,(H,23,28)/t22-/m0/s1. The summed E-state index contributed by atoms with van der Waals surface area (Å²) in [5, 5.41) is 13.3. The molecular formula is C22H23N5O2S. The predicted octanol–water partition coefficient (Wildman–Crippen LogP) is 3.46. The average Bonchev–Trinajstić information content (AvgIpc) is 3.49. The highest BCUT2D eigenvalue weighted by Crippen LogP contribution is 2.41. The number of hydrogen-bond donors (Lipinski definition) is 1. The lowest BCUT2D eigenvalue weighted by Gasteiger charge is -2.27. The van der Waals surface area contributed by atoms with Crippen molar-refractivity contribution in [2.45, 2.75) is 32.2 Å². The van der Waals surface area contributed by atoms with Crippen molar-refractivity contribution in [3.8, 4) is 0 Å². The summed E-state index contributed by atoms with van der Waals surface area (Å²) in [6.45, 7) is 2.26. The lowest BCUT2D eigenvalue weighted by molar-refractivity contribution is 0.0772. The zero-order chi connectivity index (χ0) is 20.6. The van der Waals surface area contributed by atoms with Crippen LogP contribution >= 0.6 is 11.3 Å². The van der Waals surface area contributed by atoms with Crippen LogP contribution < -0.4 is 5.32 Å². The van der Waals surface area contributed by atoms with E-state index in [0.29, 0.717) is 12.4 Å². The third kappa shape index (κ3) is 3.52. The van der Waals surface area contributed by atoms with Crippen molar-refractivity contribution in [1.82, 2.24) is 19.7 Å². The van der Waals surface area contributed by atoms with Gasteiger partial charge in [-0.25, -0.2) is 0 Å². The minimum Gasteiger partial charge on any atom is -0.337 e. The Morgan fingerprint density at radius 3 is 2.63 bits per heavy atom. The van der Waals surface area contributed by atoms with Gasteiger partial charge < -0.3 is 14.8 Å². The van der Waals surface area contributed by atoms with E-state index in [-0.39, 0.29) is 17.2 Å². The SMILES string of the molecule is O=C(Nc1ccccc1)c1nnc2n1CC[C@]1(CC2)CCN(C(=O)c2cccs2)C1. The van der Waals surface area contributed by atoms with Gasteiger partial charge in [0.15, 0.2) is 0 Å². The number of amides is 2. The molecule has 7 nitrogen and oxygen atoms in total. The van der Waals surface area contributed by atoms with Crippen LogP contribution in [-0.2, 0) is 13.0 Å². The van der Waals surface area contributed by atoms with E-state index in [2.05, 4.69) is 15.5 Å². The van der Waals surface area contributed by atoms with Gasteiger partial charge in [-0.05, 0) is 48.3 Å². The molecule has 0 saturated carbocycles. The van der Waals surface area contributed by atoms with Crippen LogP contribution in [-0.4, -0.2) is 44.6 Å². The second kappa shape index (κ2) is 7.68. The molecule has 3 aromatic rings. The van der Waals surface area contributed by atoms with Crippen molar-refractivity contribution >= 4 is 28.8 Å². The first kappa shape index (κ1) is 19.0. The fourth-order valence-electron chi connectivity index (χ4n) is 4.56. The van der Waals surface area contributed by atoms with Gasteiger partial charge in [0.05, 0.1) is 4.88 Å². The van der Waals surface area contributed by atoms with Gasteiger partial charge in [-0.3, -0.25) is 9.59 Å². The molecule has 2 aliphatic rings. The van der Waals surface area contributed by atoms with Crippen LogP contribution in [0.3, 0.4) is 0 Å². The molecule has 154 valence electrons. The summed E-state index contributed by atoms with van der Waals surface area (Å²) < 4.78 is 1.96. The second-order valence-corrected chi connectivity index (χ2v) is 9.06. The molecule has 1 N–H and O–H groups in total. The van der Waals surface area contributed by atoms with Crippen LogP contribution in [0, 0.1) is 5.41 Å². The number of benzene rings is 1. The molecule has 1 aromatic carbocycles. The quantitative estimate of drug-likeness (QED) is 0.702. The molecule has 0 unspecified atom stereocenters. The summed E-state index contributed by atoms with van der Waals surface area (Å²) in [7, 11) is 0. The second-order valence-electron chi connectivity index (χ2n) is 8.12. The van der Waals surface area contributed by atoms with Crippen molar-refractivity contribution in [2.24, 2.45) is 5.41 Å². The lowest BCUT2D eigenvalue weighted by atomic mass is 9.80. The highest BCUT2D eigenvalue weighted by atomic mass is 32.1. The molecule has 30 heavy (non-hydrogen) atoms. The maximum absolute atomic E-state index is 12.8. The minimum absolute atomic E-state index is 0.0841. The fraction of sp³-hybridized carbons (Fsp3) is 0.364. The molecule has 0 bridgehead atoms. The minimum atomic E-state index is -0.239. The molecule has 1 spiro atoms. The number of carbonyl (C=O) groups is 2. The van der Waals surface area contributed by atoms with Crippen molar-refractivity contribution in [1.29, 1.82) is 0 Å². The van der Waals surface area contributed by atoms with Crippen molar-refractivity contribution in [3.05, 3.63) is 64.4 Å². The Labute approximate surface area is 178 Å². The molecule has 1 fully saturated rings. The Morgan fingerprint density at radius 2 is 1.83 bits per heavy atom. The normalized spacial score (nSPS) is 20.7. The van der Waals surface area contributed by atoms with E-state index in [9.17, 15) is 9.59 Å². The number of carbonyl (C=O) groups excluding carboxylic acids is 2. The van der Waals surface area contributed by atoms with E-state index in [1.54, 1.807) is 0 Å². The third-order valence-electron chi connectivity index (χ3n) is 6.26. The topological polar surface area (TPSA) is 80.1 Å². The van der Waals surface area contributed by atoms with Crippen LogP contribution in [0.15, 0.2) is 47.8 Å². The van der Waals surface area contributed by atoms with Crippen LogP contribution in [0.25, 0.3) is 0 Å². The molecule has 1 saturated heterocycles. The number of likely N-dealkylation sites (tertiary alicyclic amines) is 1. The van der Waals surface area contributed by atoms with Crippen molar-refractivity contribution in [2.75, 3.05) is 18.4 Å². The molecule has 8 heteroatoms. The van der Waals surface area contributed by atoms with Gasteiger partial charge in [0, 0.05) is 31.7 Å². The van der Waals surface area contributed by atoms with Crippen molar-refractivity contribution in [3.63, 3.8) is 0 Å². The van der Waals surface area contributed by atoms with E-state index in [0.717, 1.165) is 55.2 Å². The van der Waals surface area contributed by atoms with Gasteiger partial charge >= 0.3 is 0 Å². The first-order chi connectivity index (χ1) is 14.6. The van der Waals surface area contributed by atoms with Crippen LogP contribution in [0.5, 0.6) is 0 Å². The van der Waals surface area contributed by atoms with E-state index in [4.69, 9.17) is 0 Å². The Kier molecular flexibility index (Phi) is 4.86. The number of aromatic nitrogens is 3. The van der Waals surface area contributed by atoms with Crippen LogP contribution in [0.4, 0.5) is 5.69 Å². The maximum Gasteiger partial charge on any atom is 0.293 e. The fourth-order valence-corrected chi connectivity index (χ4v) is 5.25. The number of fused-ring (bicyclic) bond motifs is 1. The molecule has 2 amide bonds. The van der Waals surface area contributed by atoms with E-state index in [1.807, 2.05) is 57.3 Å². The van der Waals surface area contributed by atoms with Gasteiger partial charge in [-0.1, -0.05) is 24.3 Å². The Hall–Kier alpha value is -3.00. The largest absolute Gasteiger partial charge is 0.337 e. The number of thiophene rings is 1. The van der Waals surface area contributed by atoms with Gasteiger partial charge in [0.2, 0.25) is 5.82 Å². The van der Waals surface area contributed by atoms with Crippen LogP contribution in [0.1, 0.15) is 45.4 Å². The zero-order valence-corrected chi connectivity index (χ0v) is 17.4. The molecule has 4 heterocycles. The summed E-state index contributed by atoms with van der Waals surface area (Å²) in [6, 6.07) is 13.2. The Bertz CT molecular complexity index is 1060. The van der Waals surface area contributed by atoms with E-state index >= 15 is 0 Å². The molecule has 2 aliphatic heterocycles. The lowest BCUT2D eigenvalue weighted by Crippen LogP contribution is -2.32. The Morgan fingerprint density at radius 1 is 1.00 bits per heavy atom. The maximum atomic E-state index is 12.8. The summed E-state index contributed by atoms with van der Waals surface area (Å²) in [5.41, 5.74) is 0.823. The first-order valence-corrected chi connectivity index (χ1v) is 11.1. The number of aryl methyl sites for hydroxylation is 1. The van der Waals surface area contributed by atoms with Gasteiger partial charge in [-0.15, -0.1) is 21.5 Å². The third-order valence-corrected chi connectivity index (χ3v) is 7.12. The molecule has 5 rings (SSSR count). The van der Waals surface area contributed by atoms with Gasteiger partial charge in [0.1, 0.15) is 5.82 Å². The Balaban J connectivity index is 1.29. The first-order valence-electron chi connectivity index (χ1n) is 10.2. The summed E-state index contributed by atoms with van der Waals surface area (Å²) in [6.07, 6.45) is 3.64.